The second kappa shape index (κ2) is 24.1. The standard InChI is InChI=1S/C29H56O4/c1-26(2)22-24-32-28(30)20-18-16-14-12-10-8-6-5-7-9-11-13-15-17-19-21-29(31)33-25-23-27(3)4/h26-27H,5-25H2,1-4H3. The van der Waals surface area contributed by atoms with E-state index >= 15 is 0 Å². The highest BCUT2D eigenvalue weighted by atomic mass is 16.5. The average Bonchev–Trinajstić information content (AvgIpc) is 2.75. The van der Waals surface area contributed by atoms with E-state index in [2.05, 4.69) is 27.7 Å². The van der Waals surface area contributed by atoms with Gasteiger partial charge in [0.2, 0.25) is 0 Å². The minimum atomic E-state index is -0.0205. The molecule has 0 saturated carbocycles. The van der Waals surface area contributed by atoms with Crippen molar-refractivity contribution in [1.82, 2.24) is 0 Å². The molecule has 0 N–H and O–H groups in total. The van der Waals surface area contributed by atoms with Gasteiger partial charge >= 0.3 is 11.9 Å². The van der Waals surface area contributed by atoms with Crippen LogP contribution in [-0.4, -0.2) is 25.2 Å². The maximum Gasteiger partial charge on any atom is 0.305 e. The Hall–Kier alpha value is -1.06. The van der Waals surface area contributed by atoms with Gasteiger partial charge in [-0.2, -0.15) is 0 Å². The van der Waals surface area contributed by atoms with Gasteiger partial charge in [-0.3, -0.25) is 9.59 Å². The molecule has 0 saturated heterocycles. The first-order valence-electron chi connectivity index (χ1n) is 14.2. The first-order chi connectivity index (χ1) is 15.9. The summed E-state index contributed by atoms with van der Waals surface area (Å²) in [5.74, 6) is 1.15. The van der Waals surface area contributed by atoms with Crippen molar-refractivity contribution in [3.05, 3.63) is 0 Å². The van der Waals surface area contributed by atoms with Crippen LogP contribution >= 0.6 is 0 Å². The van der Waals surface area contributed by atoms with Crippen molar-refractivity contribution in [2.45, 2.75) is 150 Å². The molecule has 0 atom stereocenters. The number of carbonyl (C=O) groups is 2. The molecule has 196 valence electrons. The molecule has 0 rings (SSSR count). The summed E-state index contributed by atoms with van der Waals surface area (Å²) in [6.07, 6.45) is 21.9. The van der Waals surface area contributed by atoms with Crippen LogP contribution in [0, 0.1) is 11.8 Å². The van der Waals surface area contributed by atoms with Crippen LogP contribution < -0.4 is 0 Å². The lowest BCUT2D eigenvalue weighted by Gasteiger charge is -2.07. The van der Waals surface area contributed by atoms with E-state index in [4.69, 9.17) is 9.47 Å². The molecule has 0 unspecified atom stereocenters. The molecule has 0 heterocycles. The highest BCUT2D eigenvalue weighted by Gasteiger charge is 2.04. The zero-order valence-corrected chi connectivity index (χ0v) is 22.6. The number of hydrogen-bond donors (Lipinski definition) is 0. The quantitative estimate of drug-likeness (QED) is 0.105. The van der Waals surface area contributed by atoms with Gasteiger partial charge in [-0.25, -0.2) is 0 Å². The van der Waals surface area contributed by atoms with Crippen molar-refractivity contribution < 1.29 is 19.1 Å². The second-order valence-electron chi connectivity index (χ2n) is 10.6. The second-order valence-corrected chi connectivity index (χ2v) is 10.6. The van der Waals surface area contributed by atoms with E-state index in [1.54, 1.807) is 0 Å². The Kier molecular flexibility index (Phi) is 23.3. The molecule has 0 aromatic heterocycles. The van der Waals surface area contributed by atoms with Crippen LogP contribution in [0.3, 0.4) is 0 Å². The van der Waals surface area contributed by atoms with Gasteiger partial charge in [0.25, 0.3) is 0 Å². The van der Waals surface area contributed by atoms with Crippen molar-refractivity contribution in [2.75, 3.05) is 13.2 Å². The monoisotopic (exact) mass is 468 g/mol. The third-order valence-corrected chi connectivity index (χ3v) is 6.18. The number of ether oxygens (including phenoxy) is 2. The van der Waals surface area contributed by atoms with Gasteiger partial charge in [0.05, 0.1) is 13.2 Å². The van der Waals surface area contributed by atoms with E-state index in [1.165, 1.54) is 70.6 Å². The highest BCUT2D eigenvalue weighted by Crippen LogP contribution is 2.14. The average molecular weight is 469 g/mol. The van der Waals surface area contributed by atoms with Gasteiger partial charge < -0.3 is 9.47 Å². The fourth-order valence-electron chi connectivity index (χ4n) is 3.80. The lowest BCUT2D eigenvalue weighted by molar-refractivity contribution is -0.145. The summed E-state index contributed by atoms with van der Waals surface area (Å²) in [6, 6.07) is 0. The Bertz CT molecular complexity index is 405. The summed E-state index contributed by atoms with van der Waals surface area (Å²) in [5.41, 5.74) is 0. The molecule has 0 aliphatic rings. The smallest absolute Gasteiger partial charge is 0.305 e. The van der Waals surface area contributed by atoms with E-state index in [-0.39, 0.29) is 11.9 Å². The third-order valence-electron chi connectivity index (χ3n) is 6.18. The van der Waals surface area contributed by atoms with Crippen LogP contribution in [0.5, 0.6) is 0 Å². The van der Waals surface area contributed by atoms with E-state index in [9.17, 15) is 9.59 Å². The van der Waals surface area contributed by atoms with Gasteiger partial charge in [0.15, 0.2) is 0 Å². The van der Waals surface area contributed by atoms with Gasteiger partial charge in [0.1, 0.15) is 0 Å². The predicted molar refractivity (Wildman–Crippen MR) is 139 cm³/mol. The van der Waals surface area contributed by atoms with E-state index in [1.807, 2.05) is 0 Å². The molecule has 0 aromatic rings. The number of rotatable bonds is 24. The Labute approximate surface area is 206 Å². The van der Waals surface area contributed by atoms with Crippen LogP contribution in [0.2, 0.25) is 0 Å². The van der Waals surface area contributed by atoms with Crippen molar-refractivity contribution in [3.8, 4) is 0 Å². The van der Waals surface area contributed by atoms with Gasteiger partial charge in [0, 0.05) is 12.8 Å². The van der Waals surface area contributed by atoms with Crippen molar-refractivity contribution in [2.24, 2.45) is 11.8 Å². The molecule has 0 aromatic carbocycles. The molecule has 4 heteroatoms. The summed E-state index contributed by atoms with van der Waals surface area (Å²) >= 11 is 0. The summed E-state index contributed by atoms with van der Waals surface area (Å²) in [4.78, 5) is 23.2. The fourth-order valence-corrected chi connectivity index (χ4v) is 3.80. The topological polar surface area (TPSA) is 52.6 Å². The molecule has 0 aliphatic carbocycles. The highest BCUT2D eigenvalue weighted by molar-refractivity contribution is 5.69. The lowest BCUT2D eigenvalue weighted by Crippen LogP contribution is -2.07. The van der Waals surface area contributed by atoms with Crippen molar-refractivity contribution >= 4 is 11.9 Å². The Balaban J connectivity index is 3.18. The Morgan fingerprint density at radius 2 is 0.697 bits per heavy atom. The normalized spacial score (nSPS) is 11.3. The van der Waals surface area contributed by atoms with Crippen LogP contribution in [-0.2, 0) is 19.1 Å². The van der Waals surface area contributed by atoms with E-state index < -0.39 is 0 Å². The molecule has 0 bridgehead atoms. The van der Waals surface area contributed by atoms with Crippen LogP contribution in [0.15, 0.2) is 0 Å². The molecular weight excluding hydrogens is 412 g/mol. The minimum Gasteiger partial charge on any atom is -0.466 e. The summed E-state index contributed by atoms with van der Waals surface area (Å²) in [5, 5.41) is 0. The molecule has 0 spiro atoms. The number of carbonyl (C=O) groups excluding carboxylic acids is 2. The van der Waals surface area contributed by atoms with E-state index in [0.717, 1.165) is 38.5 Å². The minimum absolute atomic E-state index is 0.0205. The van der Waals surface area contributed by atoms with Gasteiger partial charge in [-0.1, -0.05) is 111 Å². The lowest BCUT2D eigenvalue weighted by atomic mass is 10.0. The zero-order valence-electron chi connectivity index (χ0n) is 22.6. The Morgan fingerprint density at radius 1 is 0.455 bits per heavy atom. The molecule has 4 nitrogen and oxygen atoms in total. The van der Waals surface area contributed by atoms with Gasteiger partial charge in [-0.05, 0) is 37.5 Å². The molecule has 0 radical (unpaired) electrons. The number of hydrogen-bond acceptors (Lipinski definition) is 4. The molecule has 33 heavy (non-hydrogen) atoms. The SMILES string of the molecule is CC(C)CCOC(=O)CCCCCCCCCCCCCCCCCC(=O)OCCC(C)C. The van der Waals surface area contributed by atoms with Gasteiger partial charge in [-0.15, -0.1) is 0 Å². The summed E-state index contributed by atoms with van der Waals surface area (Å²) in [6.45, 7) is 9.75. The maximum absolute atomic E-state index is 11.6. The first-order valence-corrected chi connectivity index (χ1v) is 14.2. The third kappa shape index (κ3) is 27.1. The molecule has 0 amide bonds. The first kappa shape index (κ1) is 31.9. The van der Waals surface area contributed by atoms with Crippen LogP contribution in [0.4, 0.5) is 0 Å². The van der Waals surface area contributed by atoms with Crippen LogP contribution in [0.1, 0.15) is 150 Å². The summed E-state index contributed by atoms with van der Waals surface area (Å²) < 4.78 is 10.5. The number of esters is 2. The molecule has 0 fully saturated rings. The maximum atomic E-state index is 11.6. The predicted octanol–water partition coefficient (Wildman–Crippen LogP) is 8.80. The zero-order chi connectivity index (χ0) is 24.6. The van der Waals surface area contributed by atoms with Crippen LogP contribution in [0.25, 0.3) is 0 Å². The number of unbranched alkanes of at least 4 members (excludes halogenated alkanes) is 14. The molecule has 0 aliphatic heterocycles. The fraction of sp³-hybridized carbons (Fsp3) is 0.931. The largest absolute Gasteiger partial charge is 0.466 e. The summed E-state index contributed by atoms with van der Waals surface area (Å²) in [7, 11) is 0. The van der Waals surface area contributed by atoms with E-state index in [0.29, 0.717) is 37.9 Å². The van der Waals surface area contributed by atoms with Crippen molar-refractivity contribution in [1.29, 1.82) is 0 Å². The van der Waals surface area contributed by atoms with Crippen molar-refractivity contribution in [3.63, 3.8) is 0 Å². The molecular formula is C29H56O4. The Morgan fingerprint density at radius 3 is 0.939 bits per heavy atom.